The van der Waals surface area contributed by atoms with Crippen molar-refractivity contribution >= 4 is 21.8 Å². The Hall–Kier alpha value is -2.46. The first-order chi connectivity index (χ1) is 22.0. The fraction of sp³-hybridized carbons (Fsp3) is 0.531. The van der Waals surface area contributed by atoms with Crippen LogP contribution in [0.25, 0.3) is 11.3 Å². The van der Waals surface area contributed by atoms with Gasteiger partial charge in [0, 0.05) is 86.2 Å². The number of benzene rings is 2. The predicted octanol–water partition coefficient (Wildman–Crippen LogP) is 3.73. The highest BCUT2D eigenvalue weighted by atomic mass is 32.2. The summed E-state index contributed by atoms with van der Waals surface area (Å²) in [4.78, 5) is 4.51. The van der Waals surface area contributed by atoms with Gasteiger partial charge in [-0.1, -0.05) is 30.3 Å². The number of nitrogens with zero attached hydrogens (tertiary/aromatic N) is 5. The summed E-state index contributed by atoms with van der Waals surface area (Å²) in [5, 5.41) is 16.0. The molecule has 3 aromatic rings. The first kappa shape index (κ1) is 33.4. The third-order valence-electron chi connectivity index (χ3n) is 8.96. The maximum atomic E-state index is 14.1. The van der Waals surface area contributed by atoms with Crippen molar-refractivity contribution in [2.24, 2.45) is 0 Å². The van der Waals surface area contributed by atoms with E-state index in [1.165, 1.54) is 27.6 Å². The number of sulfonamides is 1. The van der Waals surface area contributed by atoms with Crippen LogP contribution in [0, 0.1) is 0 Å². The summed E-state index contributed by atoms with van der Waals surface area (Å²) in [5.41, 5.74) is 4.29. The van der Waals surface area contributed by atoms with Gasteiger partial charge >= 0.3 is 6.18 Å². The average molecular weight is 680 g/mol. The quantitative estimate of drug-likeness (QED) is 0.325. The molecule has 4 heterocycles. The number of fused-ring (bicyclic) bond motifs is 2. The van der Waals surface area contributed by atoms with Gasteiger partial charge in [0.05, 0.1) is 43.4 Å². The maximum Gasteiger partial charge on any atom is 0.417 e. The van der Waals surface area contributed by atoms with Crippen molar-refractivity contribution in [2.75, 3.05) is 64.5 Å². The molecule has 2 aromatic carbocycles. The number of β-amino-alcohol motifs (C(OH)–C–C–N with tert-alkyl or cyclic N) is 1. The number of hydrogen-bond acceptors (Lipinski definition) is 8. The zero-order chi connectivity index (χ0) is 32.5. The number of halogens is 3. The molecule has 1 atom stereocenters. The molecule has 0 bridgehead atoms. The summed E-state index contributed by atoms with van der Waals surface area (Å²) in [6.45, 7) is 5.94. The molecule has 6 rings (SSSR count). The monoisotopic (exact) mass is 679 g/mol. The smallest absolute Gasteiger partial charge is 0.390 e. The van der Waals surface area contributed by atoms with Crippen LogP contribution in [0.4, 0.5) is 13.2 Å². The van der Waals surface area contributed by atoms with E-state index in [2.05, 4.69) is 21.9 Å². The highest BCUT2D eigenvalue weighted by molar-refractivity contribution is 7.99. The molecule has 0 saturated carbocycles. The lowest BCUT2D eigenvalue weighted by Crippen LogP contribution is -2.39. The van der Waals surface area contributed by atoms with Crippen LogP contribution >= 0.6 is 11.8 Å². The number of ether oxygens (including phenoxy) is 1. The lowest BCUT2D eigenvalue weighted by atomic mass is 9.99. The number of hydrogen-bond donors (Lipinski definition) is 1. The Morgan fingerprint density at radius 2 is 1.74 bits per heavy atom. The van der Waals surface area contributed by atoms with E-state index in [0.717, 1.165) is 62.4 Å². The van der Waals surface area contributed by atoms with Gasteiger partial charge < -0.3 is 9.84 Å². The van der Waals surface area contributed by atoms with E-state index in [1.807, 2.05) is 12.1 Å². The van der Waals surface area contributed by atoms with E-state index < -0.39 is 27.9 Å². The van der Waals surface area contributed by atoms with Crippen LogP contribution in [0.1, 0.15) is 27.9 Å². The van der Waals surface area contributed by atoms with Gasteiger partial charge in [0.2, 0.25) is 10.0 Å². The number of thioether (sulfide) groups is 1. The topological polar surface area (TPSA) is 91.1 Å². The Morgan fingerprint density at radius 1 is 0.978 bits per heavy atom. The predicted molar refractivity (Wildman–Crippen MR) is 171 cm³/mol. The Kier molecular flexibility index (Phi) is 10.1. The lowest BCUT2D eigenvalue weighted by Gasteiger charge is -2.30. The fourth-order valence-corrected chi connectivity index (χ4v) is 8.44. The van der Waals surface area contributed by atoms with Gasteiger partial charge in [-0.25, -0.2) is 8.42 Å². The second-order valence-corrected chi connectivity index (χ2v) is 15.3. The van der Waals surface area contributed by atoms with Crippen LogP contribution in [-0.4, -0.2) is 108 Å². The van der Waals surface area contributed by atoms with Crippen LogP contribution in [0.3, 0.4) is 0 Å². The third-order valence-corrected chi connectivity index (χ3v) is 11.2. The van der Waals surface area contributed by atoms with Crippen molar-refractivity contribution in [2.45, 2.75) is 49.7 Å². The molecular formula is C32H40F3N5O4S2. The molecule has 14 heteroatoms. The maximum absolute atomic E-state index is 14.1. The Bertz CT molecular complexity index is 1640. The van der Waals surface area contributed by atoms with Gasteiger partial charge in [0.15, 0.2) is 0 Å². The molecule has 0 amide bonds. The van der Waals surface area contributed by atoms with Gasteiger partial charge in [-0.15, -0.1) is 11.8 Å². The summed E-state index contributed by atoms with van der Waals surface area (Å²) >= 11 is 1.16. The molecular weight excluding hydrogens is 640 g/mol. The largest absolute Gasteiger partial charge is 0.417 e. The molecule has 3 aliphatic rings. The SMILES string of the molecule is CS(=O)(=O)N1CCc2c(c(-c3ccc(C(F)(F)F)c(SCCN4CCOCC4)c3)nn2CC(O)CN2CCc3ccccc3C2)C1. The van der Waals surface area contributed by atoms with E-state index in [9.17, 15) is 26.7 Å². The molecule has 0 radical (unpaired) electrons. The Labute approximate surface area is 272 Å². The number of aromatic nitrogens is 2. The first-order valence-corrected chi connectivity index (χ1v) is 18.4. The highest BCUT2D eigenvalue weighted by Gasteiger charge is 2.35. The van der Waals surface area contributed by atoms with E-state index in [1.54, 1.807) is 4.68 Å². The summed E-state index contributed by atoms with van der Waals surface area (Å²) in [6, 6.07) is 12.3. The molecule has 3 aliphatic heterocycles. The Morgan fingerprint density at radius 3 is 2.48 bits per heavy atom. The molecule has 250 valence electrons. The summed E-state index contributed by atoms with van der Waals surface area (Å²) < 4.78 is 75.7. The van der Waals surface area contributed by atoms with Crippen LogP contribution < -0.4 is 0 Å². The van der Waals surface area contributed by atoms with Crippen molar-refractivity contribution in [1.29, 1.82) is 0 Å². The number of morpholine rings is 1. The molecule has 46 heavy (non-hydrogen) atoms. The standard InChI is InChI=1S/C32H40F3N5O4S2/c1-46(42,43)39-11-9-29-27(22-39)31(36-40(29)21-26(41)20-38-10-8-23-4-2-3-5-25(23)19-38)24-6-7-28(32(33,34)35)30(18-24)45-17-14-37-12-15-44-16-13-37/h2-7,18,26,41H,8-17,19-22H2,1H3. The zero-order valence-corrected chi connectivity index (χ0v) is 27.5. The molecule has 1 aromatic heterocycles. The van der Waals surface area contributed by atoms with E-state index in [0.29, 0.717) is 55.3 Å². The summed E-state index contributed by atoms with van der Waals surface area (Å²) in [5.74, 6) is 0.480. The number of aliphatic hydroxyl groups is 1. The fourth-order valence-electron chi connectivity index (χ4n) is 6.53. The van der Waals surface area contributed by atoms with Crippen LogP contribution in [-0.2, 0) is 53.4 Å². The minimum absolute atomic E-state index is 0.0725. The van der Waals surface area contributed by atoms with E-state index in [-0.39, 0.29) is 24.5 Å². The van der Waals surface area contributed by atoms with E-state index >= 15 is 0 Å². The Balaban J connectivity index is 1.26. The molecule has 9 nitrogen and oxygen atoms in total. The number of rotatable bonds is 10. The number of alkyl halides is 3. The van der Waals surface area contributed by atoms with Crippen LogP contribution in [0.2, 0.25) is 0 Å². The zero-order valence-electron chi connectivity index (χ0n) is 25.9. The molecule has 1 fully saturated rings. The minimum Gasteiger partial charge on any atom is -0.390 e. The third kappa shape index (κ3) is 7.80. The summed E-state index contributed by atoms with van der Waals surface area (Å²) in [6.07, 6.45) is -2.81. The van der Waals surface area contributed by atoms with Crippen molar-refractivity contribution in [3.8, 4) is 11.3 Å². The molecule has 1 unspecified atom stereocenters. The van der Waals surface area contributed by atoms with Crippen LogP contribution in [0.5, 0.6) is 0 Å². The van der Waals surface area contributed by atoms with Gasteiger partial charge in [0.1, 0.15) is 0 Å². The van der Waals surface area contributed by atoms with Crippen LogP contribution in [0.15, 0.2) is 47.4 Å². The summed E-state index contributed by atoms with van der Waals surface area (Å²) in [7, 11) is -3.51. The highest BCUT2D eigenvalue weighted by Crippen LogP contribution is 2.40. The minimum atomic E-state index is -4.52. The van der Waals surface area contributed by atoms with Gasteiger partial charge in [-0.2, -0.15) is 22.6 Å². The molecule has 1 N–H and O–H groups in total. The second-order valence-electron chi connectivity index (χ2n) is 12.2. The van der Waals surface area contributed by atoms with Gasteiger partial charge in [-0.05, 0) is 29.7 Å². The second kappa shape index (κ2) is 14.0. The molecule has 0 spiro atoms. The first-order valence-electron chi connectivity index (χ1n) is 15.6. The molecule has 1 saturated heterocycles. The van der Waals surface area contributed by atoms with E-state index in [4.69, 9.17) is 9.84 Å². The van der Waals surface area contributed by atoms with Crippen molar-refractivity contribution in [1.82, 2.24) is 23.9 Å². The van der Waals surface area contributed by atoms with Crippen molar-refractivity contribution in [3.05, 3.63) is 70.4 Å². The van der Waals surface area contributed by atoms with Crippen molar-refractivity contribution < 1.29 is 31.4 Å². The number of aliphatic hydroxyl groups excluding tert-OH is 1. The van der Waals surface area contributed by atoms with Crippen molar-refractivity contribution in [3.63, 3.8) is 0 Å². The molecule has 0 aliphatic carbocycles. The average Bonchev–Trinajstić information content (AvgIpc) is 3.38. The van der Waals surface area contributed by atoms with Gasteiger partial charge in [-0.3, -0.25) is 14.5 Å². The normalized spacial score (nSPS) is 19.2. The van der Waals surface area contributed by atoms with Gasteiger partial charge in [0.25, 0.3) is 0 Å². The lowest BCUT2D eigenvalue weighted by molar-refractivity contribution is -0.139.